The summed E-state index contributed by atoms with van der Waals surface area (Å²) < 4.78 is 11.8. The van der Waals surface area contributed by atoms with Crippen LogP contribution in [0.4, 0.5) is 0 Å². The zero-order valence-corrected chi connectivity index (χ0v) is 12.6. The molecule has 3 aromatic rings. The minimum Gasteiger partial charge on any atom is -0.483 e. The molecular weight excluding hydrogens is 320 g/mol. The zero-order chi connectivity index (χ0) is 13.9. The average Bonchev–Trinajstić information content (AvgIpc) is 2.95. The Morgan fingerprint density at radius 2 is 2.05 bits per heavy atom. The van der Waals surface area contributed by atoms with Crippen molar-refractivity contribution in [1.29, 1.82) is 0 Å². The molecule has 0 aliphatic carbocycles. The number of halogens is 1. The summed E-state index contributed by atoms with van der Waals surface area (Å²) in [5, 5.41) is 6.12. The maximum atomic E-state index is 5.75. The fraction of sp³-hybridized carbons (Fsp3) is 0.200. The summed E-state index contributed by atoms with van der Waals surface area (Å²) in [5.74, 6) is 1.95. The lowest BCUT2D eigenvalue weighted by molar-refractivity contribution is 0.241. The highest BCUT2D eigenvalue weighted by Crippen LogP contribution is 2.33. The topological polar surface area (TPSA) is 48.2 Å². The normalized spacial score (nSPS) is 10.9. The van der Waals surface area contributed by atoms with Crippen molar-refractivity contribution in [1.82, 2.24) is 10.1 Å². The van der Waals surface area contributed by atoms with Crippen molar-refractivity contribution in [2.75, 3.05) is 0 Å². The molecule has 0 amide bonds. The highest BCUT2D eigenvalue weighted by Gasteiger charge is 2.09. The van der Waals surface area contributed by atoms with Gasteiger partial charge < -0.3 is 9.26 Å². The minimum atomic E-state index is 0.268. The van der Waals surface area contributed by atoms with Crippen LogP contribution < -0.4 is 4.74 Å². The number of benzene rings is 2. The third-order valence-electron chi connectivity index (χ3n) is 3.01. The Labute approximate surface area is 124 Å². The molecule has 0 N–H and O–H groups in total. The van der Waals surface area contributed by atoms with Gasteiger partial charge in [-0.1, -0.05) is 42.4 Å². The van der Waals surface area contributed by atoms with Gasteiger partial charge in [0.2, 0.25) is 0 Å². The maximum Gasteiger partial charge on any atom is 0.264 e. The fourth-order valence-corrected chi connectivity index (χ4v) is 2.56. The quantitative estimate of drug-likeness (QED) is 0.720. The molecule has 3 rings (SSSR count). The monoisotopic (exact) mass is 332 g/mol. The molecule has 102 valence electrons. The van der Waals surface area contributed by atoms with Crippen LogP contribution in [0.5, 0.6) is 5.75 Å². The largest absolute Gasteiger partial charge is 0.483 e. The first-order valence-electron chi connectivity index (χ1n) is 6.39. The number of aryl methyl sites for hydroxylation is 1. The predicted octanol–water partition coefficient (Wildman–Crippen LogP) is 4.13. The van der Waals surface area contributed by atoms with E-state index in [2.05, 4.69) is 32.1 Å². The average molecular weight is 333 g/mol. The van der Waals surface area contributed by atoms with Crippen molar-refractivity contribution in [2.45, 2.75) is 20.0 Å². The molecule has 1 aromatic heterocycles. The van der Waals surface area contributed by atoms with Crippen LogP contribution in [0.2, 0.25) is 0 Å². The highest BCUT2D eigenvalue weighted by molar-refractivity contribution is 9.10. The molecule has 2 aromatic carbocycles. The maximum absolute atomic E-state index is 5.75. The van der Waals surface area contributed by atoms with Crippen LogP contribution >= 0.6 is 15.9 Å². The van der Waals surface area contributed by atoms with Crippen molar-refractivity contribution in [3.8, 4) is 5.75 Å². The van der Waals surface area contributed by atoms with E-state index in [4.69, 9.17) is 9.26 Å². The number of nitrogens with zero attached hydrogens (tertiary/aromatic N) is 2. The first-order chi connectivity index (χ1) is 9.78. The summed E-state index contributed by atoms with van der Waals surface area (Å²) in [6.45, 7) is 2.25. The van der Waals surface area contributed by atoms with Crippen LogP contribution in [0.3, 0.4) is 0 Å². The van der Waals surface area contributed by atoms with Gasteiger partial charge in [0.15, 0.2) is 12.4 Å². The molecule has 5 heteroatoms. The van der Waals surface area contributed by atoms with Crippen LogP contribution in [0.1, 0.15) is 18.6 Å². The van der Waals surface area contributed by atoms with E-state index in [0.717, 1.165) is 27.4 Å². The lowest BCUT2D eigenvalue weighted by Gasteiger charge is -2.08. The number of rotatable bonds is 4. The van der Waals surface area contributed by atoms with E-state index < -0.39 is 0 Å². The molecular formula is C15H13BrN2O2. The molecule has 0 aliphatic rings. The number of aromatic nitrogens is 2. The summed E-state index contributed by atoms with van der Waals surface area (Å²) >= 11 is 3.58. The van der Waals surface area contributed by atoms with Crippen molar-refractivity contribution in [2.24, 2.45) is 0 Å². The Bertz CT molecular complexity index is 740. The second-order valence-corrected chi connectivity index (χ2v) is 5.14. The van der Waals surface area contributed by atoms with Gasteiger partial charge in [0.25, 0.3) is 5.89 Å². The smallest absolute Gasteiger partial charge is 0.264 e. The molecule has 0 atom stereocenters. The van der Waals surface area contributed by atoms with Crippen LogP contribution in [0, 0.1) is 0 Å². The Morgan fingerprint density at radius 3 is 2.85 bits per heavy atom. The van der Waals surface area contributed by atoms with Crippen molar-refractivity contribution in [3.63, 3.8) is 0 Å². The van der Waals surface area contributed by atoms with E-state index in [0.29, 0.717) is 11.7 Å². The molecule has 0 fully saturated rings. The zero-order valence-electron chi connectivity index (χ0n) is 11.0. The number of hydrogen-bond acceptors (Lipinski definition) is 4. The summed E-state index contributed by atoms with van der Waals surface area (Å²) in [6, 6.07) is 12.1. The standard InChI is InChI=1S/C15H13BrN2O2/c1-2-13-17-14(20-18-13)9-19-12-8-7-10-5-3-4-6-11(10)15(12)16/h3-8H,2,9H2,1H3. The van der Waals surface area contributed by atoms with Gasteiger partial charge in [-0.05, 0) is 32.8 Å². The van der Waals surface area contributed by atoms with E-state index in [-0.39, 0.29) is 6.61 Å². The molecule has 0 saturated carbocycles. The van der Waals surface area contributed by atoms with Gasteiger partial charge in [0.05, 0.1) is 4.47 Å². The second-order valence-electron chi connectivity index (χ2n) is 4.35. The molecule has 0 bridgehead atoms. The summed E-state index contributed by atoms with van der Waals surface area (Å²) in [5.41, 5.74) is 0. The van der Waals surface area contributed by atoms with Crippen molar-refractivity contribution in [3.05, 3.63) is 52.6 Å². The predicted molar refractivity (Wildman–Crippen MR) is 79.7 cm³/mol. The third-order valence-corrected chi connectivity index (χ3v) is 3.82. The minimum absolute atomic E-state index is 0.268. The Balaban J connectivity index is 1.82. The first-order valence-corrected chi connectivity index (χ1v) is 7.18. The van der Waals surface area contributed by atoms with Gasteiger partial charge >= 0.3 is 0 Å². The number of hydrogen-bond donors (Lipinski definition) is 0. The van der Waals surface area contributed by atoms with Gasteiger partial charge in [-0.2, -0.15) is 4.98 Å². The molecule has 20 heavy (non-hydrogen) atoms. The summed E-state index contributed by atoms with van der Waals surface area (Å²) in [7, 11) is 0. The SMILES string of the molecule is CCc1noc(COc2ccc3ccccc3c2Br)n1. The molecule has 0 aliphatic heterocycles. The molecule has 0 spiro atoms. The Hall–Kier alpha value is -1.88. The number of ether oxygens (including phenoxy) is 1. The van der Waals surface area contributed by atoms with E-state index in [1.165, 1.54) is 0 Å². The van der Waals surface area contributed by atoms with Gasteiger partial charge in [-0.3, -0.25) is 0 Å². The van der Waals surface area contributed by atoms with Crippen LogP contribution in [-0.2, 0) is 13.0 Å². The first kappa shape index (κ1) is 13.1. The van der Waals surface area contributed by atoms with Crippen molar-refractivity contribution >= 4 is 26.7 Å². The van der Waals surface area contributed by atoms with E-state index >= 15 is 0 Å². The molecule has 1 heterocycles. The van der Waals surface area contributed by atoms with Gasteiger partial charge in [0, 0.05) is 6.42 Å². The second kappa shape index (κ2) is 5.63. The van der Waals surface area contributed by atoms with Crippen LogP contribution in [0.15, 0.2) is 45.4 Å². The third kappa shape index (κ3) is 2.54. The summed E-state index contributed by atoms with van der Waals surface area (Å²) in [6.07, 6.45) is 0.753. The molecule has 4 nitrogen and oxygen atoms in total. The van der Waals surface area contributed by atoms with Gasteiger partial charge in [-0.15, -0.1) is 0 Å². The van der Waals surface area contributed by atoms with E-state index in [1.807, 2.05) is 37.3 Å². The van der Waals surface area contributed by atoms with Crippen LogP contribution in [-0.4, -0.2) is 10.1 Å². The lowest BCUT2D eigenvalue weighted by Crippen LogP contribution is -1.97. The van der Waals surface area contributed by atoms with Gasteiger partial charge in [0.1, 0.15) is 5.75 Å². The lowest BCUT2D eigenvalue weighted by atomic mass is 10.1. The van der Waals surface area contributed by atoms with E-state index in [9.17, 15) is 0 Å². The van der Waals surface area contributed by atoms with Crippen molar-refractivity contribution < 1.29 is 9.26 Å². The molecule has 0 radical (unpaired) electrons. The highest BCUT2D eigenvalue weighted by atomic mass is 79.9. The fourth-order valence-electron chi connectivity index (χ4n) is 1.96. The number of fused-ring (bicyclic) bond motifs is 1. The van der Waals surface area contributed by atoms with Gasteiger partial charge in [-0.25, -0.2) is 0 Å². The van der Waals surface area contributed by atoms with Crippen LogP contribution in [0.25, 0.3) is 10.8 Å². The Kier molecular flexibility index (Phi) is 3.69. The molecule has 0 unspecified atom stereocenters. The van der Waals surface area contributed by atoms with E-state index in [1.54, 1.807) is 0 Å². The Morgan fingerprint density at radius 1 is 1.20 bits per heavy atom. The summed E-state index contributed by atoms with van der Waals surface area (Å²) in [4.78, 5) is 4.22. The molecule has 0 saturated heterocycles.